The number of fused-ring (bicyclic) bond motifs is 5. The molecule has 0 aromatic heterocycles. The maximum Gasteiger partial charge on any atom is 0.270 e. The highest BCUT2D eigenvalue weighted by Crippen LogP contribution is 2.53. The van der Waals surface area contributed by atoms with Crippen molar-refractivity contribution in [1.82, 2.24) is 4.90 Å². The average Bonchev–Trinajstić information content (AvgIpc) is 3.37. The van der Waals surface area contributed by atoms with Crippen LogP contribution in [-0.4, -0.2) is 33.5 Å². The monoisotopic (exact) mass is 479 g/mol. The van der Waals surface area contributed by atoms with Crippen molar-refractivity contribution in [2.45, 2.75) is 19.0 Å². The standard InChI is InChI=1S/C28H21N3O5/c1-16-9-11-19(12-10-16)30-27(33)22-23(28(30)34)25(26(32)18-6-4-7-20(15-18)31(35)36)29-14-13-17-5-2-3-8-21(17)24(22)29/h2-15,22-25H,1H3/t22-,23+,24+,25-/m0/s1. The van der Waals surface area contributed by atoms with E-state index in [9.17, 15) is 24.5 Å². The summed E-state index contributed by atoms with van der Waals surface area (Å²) in [6.45, 7) is 1.92. The van der Waals surface area contributed by atoms with Gasteiger partial charge in [0.1, 0.15) is 6.04 Å². The minimum Gasteiger partial charge on any atom is -0.358 e. The quantitative estimate of drug-likeness (QED) is 0.239. The number of amides is 2. The first-order valence-electron chi connectivity index (χ1n) is 11.6. The molecule has 0 bridgehead atoms. The second-order valence-corrected chi connectivity index (χ2v) is 9.35. The first-order chi connectivity index (χ1) is 17.4. The third-order valence-corrected chi connectivity index (χ3v) is 7.36. The number of carbonyl (C=O) groups is 3. The molecule has 0 spiro atoms. The molecule has 3 aromatic rings. The van der Waals surface area contributed by atoms with E-state index in [0.717, 1.165) is 16.7 Å². The number of Topliss-reactive ketones (excluding diaryl/α,β-unsaturated/α-hetero) is 1. The summed E-state index contributed by atoms with van der Waals surface area (Å²) in [5.41, 5.74) is 3.19. The molecule has 2 amide bonds. The number of carbonyl (C=O) groups excluding carboxylic acids is 3. The van der Waals surface area contributed by atoms with Crippen LogP contribution in [0.25, 0.3) is 6.08 Å². The Hall–Kier alpha value is -4.59. The van der Waals surface area contributed by atoms with Crippen molar-refractivity contribution in [2.24, 2.45) is 11.8 Å². The largest absolute Gasteiger partial charge is 0.358 e. The van der Waals surface area contributed by atoms with Crippen LogP contribution in [-0.2, 0) is 9.59 Å². The van der Waals surface area contributed by atoms with Gasteiger partial charge in [0.05, 0.1) is 28.5 Å². The fourth-order valence-electron chi connectivity index (χ4n) is 5.75. The van der Waals surface area contributed by atoms with Crippen LogP contribution in [0.3, 0.4) is 0 Å². The summed E-state index contributed by atoms with van der Waals surface area (Å²) in [7, 11) is 0. The van der Waals surface area contributed by atoms with Crippen molar-refractivity contribution in [2.75, 3.05) is 4.90 Å². The van der Waals surface area contributed by atoms with Gasteiger partial charge >= 0.3 is 0 Å². The number of hydrogen-bond donors (Lipinski definition) is 0. The van der Waals surface area contributed by atoms with E-state index in [4.69, 9.17) is 0 Å². The lowest BCUT2D eigenvalue weighted by molar-refractivity contribution is -0.384. The van der Waals surface area contributed by atoms with Crippen LogP contribution in [0.2, 0.25) is 0 Å². The molecule has 2 fully saturated rings. The summed E-state index contributed by atoms with van der Waals surface area (Å²) in [6, 6.07) is 18.8. The van der Waals surface area contributed by atoms with Crippen molar-refractivity contribution in [1.29, 1.82) is 0 Å². The van der Waals surface area contributed by atoms with E-state index in [2.05, 4.69) is 0 Å². The fourth-order valence-corrected chi connectivity index (χ4v) is 5.75. The van der Waals surface area contributed by atoms with Gasteiger partial charge in [-0.15, -0.1) is 0 Å². The smallest absolute Gasteiger partial charge is 0.270 e. The first-order valence-corrected chi connectivity index (χ1v) is 11.6. The van der Waals surface area contributed by atoms with Crippen LogP contribution in [0.4, 0.5) is 11.4 Å². The van der Waals surface area contributed by atoms with Crippen LogP contribution < -0.4 is 4.90 Å². The van der Waals surface area contributed by atoms with E-state index in [-0.39, 0.29) is 17.2 Å². The Morgan fingerprint density at radius 1 is 0.917 bits per heavy atom. The maximum atomic E-state index is 13.9. The van der Waals surface area contributed by atoms with Crippen molar-refractivity contribution in [3.8, 4) is 0 Å². The Kier molecular flexibility index (Phi) is 4.86. The van der Waals surface area contributed by atoms with Crippen molar-refractivity contribution in [3.05, 3.63) is 111 Å². The molecule has 3 aromatic carbocycles. The number of aryl methyl sites for hydroxylation is 1. The van der Waals surface area contributed by atoms with Crippen LogP contribution in [0.15, 0.2) is 79.0 Å². The van der Waals surface area contributed by atoms with Gasteiger partial charge in [0.15, 0.2) is 5.78 Å². The average molecular weight is 479 g/mol. The number of nitro benzene ring substituents is 1. The lowest BCUT2D eigenvalue weighted by atomic mass is 9.83. The summed E-state index contributed by atoms with van der Waals surface area (Å²) in [6.07, 6.45) is 3.63. The predicted molar refractivity (Wildman–Crippen MR) is 132 cm³/mol. The van der Waals surface area contributed by atoms with Gasteiger partial charge in [-0.05, 0) is 36.3 Å². The Morgan fingerprint density at radius 3 is 2.39 bits per heavy atom. The number of nitrogens with zero attached hydrogens (tertiary/aromatic N) is 3. The Bertz CT molecular complexity index is 1480. The number of hydrogen-bond acceptors (Lipinski definition) is 6. The third-order valence-electron chi connectivity index (χ3n) is 7.36. The molecular weight excluding hydrogens is 458 g/mol. The number of benzene rings is 3. The maximum absolute atomic E-state index is 13.9. The van der Waals surface area contributed by atoms with Crippen LogP contribution in [0.5, 0.6) is 0 Å². The molecule has 8 heteroatoms. The molecule has 3 aliphatic rings. The summed E-state index contributed by atoms with van der Waals surface area (Å²) in [4.78, 5) is 55.4. The second-order valence-electron chi connectivity index (χ2n) is 9.35. The molecule has 0 unspecified atom stereocenters. The van der Waals surface area contributed by atoms with Crippen LogP contribution in [0, 0.1) is 28.9 Å². The highest BCUT2D eigenvalue weighted by Gasteiger charge is 2.64. The summed E-state index contributed by atoms with van der Waals surface area (Å²) >= 11 is 0. The summed E-state index contributed by atoms with van der Waals surface area (Å²) < 4.78 is 0. The Morgan fingerprint density at radius 2 is 1.64 bits per heavy atom. The van der Waals surface area contributed by atoms with E-state index in [1.807, 2.05) is 49.4 Å². The van der Waals surface area contributed by atoms with Crippen LogP contribution >= 0.6 is 0 Å². The molecule has 0 N–H and O–H groups in total. The van der Waals surface area contributed by atoms with E-state index >= 15 is 0 Å². The second kappa shape index (κ2) is 7.98. The third kappa shape index (κ3) is 3.11. The topological polar surface area (TPSA) is 101 Å². The lowest BCUT2D eigenvalue weighted by Crippen LogP contribution is -2.44. The minimum atomic E-state index is -0.974. The number of anilines is 1. The molecule has 3 heterocycles. The predicted octanol–water partition coefficient (Wildman–Crippen LogP) is 4.30. The summed E-state index contributed by atoms with van der Waals surface area (Å²) in [5.74, 6) is -2.89. The van der Waals surface area contributed by atoms with Gasteiger partial charge in [0.2, 0.25) is 11.8 Å². The first kappa shape index (κ1) is 21.9. The fraction of sp³-hybridized carbons (Fsp3) is 0.179. The van der Waals surface area contributed by atoms with E-state index in [1.54, 1.807) is 23.2 Å². The van der Waals surface area contributed by atoms with Crippen molar-refractivity contribution in [3.63, 3.8) is 0 Å². The number of non-ortho nitro benzene ring substituents is 1. The zero-order valence-corrected chi connectivity index (χ0v) is 19.3. The summed E-state index contributed by atoms with van der Waals surface area (Å²) in [5, 5.41) is 11.3. The van der Waals surface area contributed by atoms with E-state index in [1.165, 1.54) is 29.2 Å². The molecule has 0 radical (unpaired) electrons. The SMILES string of the molecule is Cc1ccc(N2C(=O)[C@@H]3[C@H](C2=O)[C@H]2c4ccccc4C=CN2[C@@H]3C(=O)c2cccc([N+](=O)[O-])c2)cc1. The minimum absolute atomic E-state index is 0.134. The molecule has 178 valence electrons. The van der Waals surface area contributed by atoms with Gasteiger partial charge in [-0.3, -0.25) is 24.5 Å². The molecule has 36 heavy (non-hydrogen) atoms. The highest BCUT2D eigenvalue weighted by atomic mass is 16.6. The van der Waals surface area contributed by atoms with Gasteiger partial charge in [-0.25, -0.2) is 4.90 Å². The lowest BCUT2D eigenvalue weighted by Gasteiger charge is -2.35. The van der Waals surface area contributed by atoms with Gasteiger partial charge < -0.3 is 4.90 Å². The molecule has 0 aliphatic carbocycles. The zero-order valence-electron chi connectivity index (χ0n) is 19.3. The van der Waals surface area contributed by atoms with Gasteiger partial charge in [0, 0.05) is 23.9 Å². The molecule has 8 nitrogen and oxygen atoms in total. The van der Waals surface area contributed by atoms with E-state index < -0.39 is 40.5 Å². The molecule has 0 saturated carbocycles. The zero-order chi connectivity index (χ0) is 25.1. The van der Waals surface area contributed by atoms with Crippen molar-refractivity contribution < 1.29 is 19.3 Å². The number of ketones is 1. The Labute approximate surface area is 206 Å². The normalized spacial score (nSPS) is 23.9. The number of imide groups is 1. The number of nitro groups is 1. The van der Waals surface area contributed by atoms with Gasteiger partial charge in [0.25, 0.3) is 5.69 Å². The molecular formula is C28H21N3O5. The Balaban J connectivity index is 1.49. The number of rotatable bonds is 4. The molecule has 3 aliphatic heterocycles. The molecule has 6 rings (SSSR count). The molecule has 2 saturated heterocycles. The highest BCUT2D eigenvalue weighted by molar-refractivity contribution is 6.24. The van der Waals surface area contributed by atoms with E-state index in [0.29, 0.717) is 5.69 Å². The van der Waals surface area contributed by atoms with Crippen molar-refractivity contribution >= 4 is 35.0 Å². The molecule has 4 atom stereocenters. The van der Waals surface area contributed by atoms with Crippen LogP contribution in [0.1, 0.15) is 33.1 Å². The van der Waals surface area contributed by atoms with Gasteiger partial charge in [-0.2, -0.15) is 0 Å². The van der Waals surface area contributed by atoms with Gasteiger partial charge in [-0.1, -0.05) is 54.1 Å².